The second-order valence-corrected chi connectivity index (χ2v) is 7.33. The number of ether oxygens (including phenoxy) is 1. The van der Waals surface area contributed by atoms with Crippen LogP contribution in [-0.4, -0.2) is 53.4 Å². The standard InChI is InChI=1S/C21H31N7O2.HI/c1-16-25-26-19(27(16)2)15-24-21(22-11-5-13-30-3)23-14-17-7-9-18(10-8-17)28-12-4-6-20(28)29;/h7-10H,4-6,11-15H2,1-3H3,(H2,22,23,24);1H. The Morgan fingerprint density at radius 3 is 2.61 bits per heavy atom. The van der Waals surface area contributed by atoms with E-state index in [1.165, 1.54) is 0 Å². The lowest BCUT2D eigenvalue weighted by Crippen LogP contribution is -2.38. The van der Waals surface area contributed by atoms with E-state index in [9.17, 15) is 4.79 Å². The molecule has 2 heterocycles. The number of carbonyl (C=O) groups is 1. The Bertz CT molecular complexity index is 867. The quantitative estimate of drug-likeness (QED) is 0.219. The number of guanidine groups is 1. The number of carbonyl (C=O) groups excluding carboxylic acids is 1. The summed E-state index contributed by atoms with van der Waals surface area (Å²) in [5.74, 6) is 2.63. The number of benzene rings is 1. The van der Waals surface area contributed by atoms with Crippen molar-refractivity contribution in [1.29, 1.82) is 0 Å². The summed E-state index contributed by atoms with van der Waals surface area (Å²) in [4.78, 5) is 18.5. The van der Waals surface area contributed by atoms with Crippen molar-refractivity contribution in [2.24, 2.45) is 12.0 Å². The minimum atomic E-state index is 0. The van der Waals surface area contributed by atoms with Gasteiger partial charge in [0.25, 0.3) is 0 Å². The molecule has 1 fully saturated rings. The Hall–Kier alpha value is -2.21. The van der Waals surface area contributed by atoms with Crippen LogP contribution < -0.4 is 15.5 Å². The first-order chi connectivity index (χ1) is 14.6. The Balaban J connectivity index is 0.00000341. The number of nitrogens with one attached hydrogen (secondary N) is 2. The van der Waals surface area contributed by atoms with Gasteiger partial charge in [0.05, 0.1) is 13.1 Å². The first-order valence-corrected chi connectivity index (χ1v) is 10.3. The lowest BCUT2D eigenvalue weighted by molar-refractivity contribution is -0.117. The van der Waals surface area contributed by atoms with E-state index >= 15 is 0 Å². The Labute approximate surface area is 200 Å². The Morgan fingerprint density at radius 2 is 2.00 bits per heavy atom. The molecule has 0 saturated carbocycles. The fraction of sp³-hybridized carbons (Fsp3) is 0.524. The summed E-state index contributed by atoms with van der Waals surface area (Å²) in [6.45, 7) is 5.24. The largest absolute Gasteiger partial charge is 0.385 e. The molecule has 0 radical (unpaired) electrons. The molecular formula is C21H32IN7O2. The average Bonchev–Trinajstić information content (AvgIpc) is 3.33. The van der Waals surface area contributed by atoms with Crippen LogP contribution in [-0.2, 0) is 29.7 Å². The summed E-state index contributed by atoms with van der Waals surface area (Å²) in [6, 6.07) is 8.04. The fourth-order valence-electron chi connectivity index (χ4n) is 3.24. The maximum absolute atomic E-state index is 11.9. The van der Waals surface area contributed by atoms with Gasteiger partial charge in [0.2, 0.25) is 5.91 Å². The first kappa shape index (κ1) is 25.1. The van der Waals surface area contributed by atoms with Gasteiger partial charge in [0.1, 0.15) is 5.82 Å². The zero-order chi connectivity index (χ0) is 21.3. The number of aromatic nitrogens is 3. The highest BCUT2D eigenvalue weighted by Crippen LogP contribution is 2.21. The topological polar surface area (TPSA) is 96.7 Å². The number of aliphatic imine (C=N–C) groups is 1. The second-order valence-electron chi connectivity index (χ2n) is 7.33. The van der Waals surface area contributed by atoms with Crippen LogP contribution in [0.5, 0.6) is 0 Å². The average molecular weight is 541 g/mol. The summed E-state index contributed by atoms with van der Waals surface area (Å²) in [5, 5.41) is 14.9. The third-order valence-corrected chi connectivity index (χ3v) is 5.16. The molecule has 31 heavy (non-hydrogen) atoms. The van der Waals surface area contributed by atoms with Crippen LogP contribution in [0.25, 0.3) is 0 Å². The molecule has 1 aliphatic rings. The Kier molecular flexibility index (Phi) is 10.2. The molecule has 0 aliphatic carbocycles. The number of hydrogen-bond donors (Lipinski definition) is 2. The van der Waals surface area contributed by atoms with E-state index in [1.807, 2.05) is 47.7 Å². The van der Waals surface area contributed by atoms with E-state index in [0.717, 1.165) is 48.8 Å². The molecule has 0 unspecified atom stereocenters. The molecule has 2 N–H and O–H groups in total. The molecule has 1 aromatic carbocycles. The molecule has 0 atom stereocenters. The molecule has 3 rings (SSSR count). The number of amides is 1. The van der Waals surface area contributed by atoms with Gasteiger partial charge in [-0.05, 0) is 37.5 Å². The summed E-state index contributed by atoms with van der Waals surface area (Å²) in [7, 11) is 3.64. The predicted octanol–water partition coefficient (Wildman–Crippen LogP) is 2.14. The van der Waals surface area contributed by atoms with Crippen LogP contribution in [0.15, 0.2) is 29.3 Å². The number of rotatable bonds is 9. The van der Waals surface area contributed by atoms with Crippen LogP contribution in [0.1, 0.15) is 36.5 Å². The van der Waals surface area contributed by atoms with Crippen molar-refractivity contribution in [2.45, 2.75) is 39.3 Å². The summed E-state index contributed by atoms with van der Waals surface area (Å²) < 4.78 is 7.06. The van der Waals surface area contributed by atoms with Gasteiger partial charge in [-0.15, -0.1) is 34.2 Å². The van der Waals surface area contributed by atoms with Crippen LogP contribution in [0, 0.1) is 6.92 Å². The molecule has 1 amide bonds. The predicted molar refractivity (Wildman–Crippen MR) is 132 cm³/mol. The second kappa shape index (κ2) is 12.6. The first-order valence-electron chi connectivity index (χ1n) is 10.3. The maximum atomic E-state index is 11.9. The molecule has 0 spiro atoms. The summed E-state index contributed by atoms with van der Waals surface area (Å²) in [5.41, 5.74) is 2.04. The minimum Gasteiger partial charge on any atom is -0.385 e. The molecule has 10 heteroatoms. The number of anilines is 1. The number of hydrogen-bond acceptors (Lipinski definition) is 5. The number of methoxy groups -OCH3 is 1. The Morgan fingerprint density at radius 1 is 1.23 bits per heavy atom. The zero-order valence-electron chi connectivity index (χ0n) is 18.4. The van der Waals surface area contributed by atoms with Gasteiger partial charge in [-0.2, -0.15) is 0 Å². The molecule has 1 aromatic heterocycles. The van der Waals surface area contributed by atoms with Crippen molar-refractivity contribution < 1.29 is 9.53 Å². The van der Waals surface area contributed by atoms with Crippen LogP contribution in [0.3, 0.4) is 0 Å². The van der Waals surface area contributed by atoms with Crippen molar-refractivity contribution >= 4 is 41.5 Å². The van der Waals surface area contributed by atoms with E-state index in [2.05, 4.69) is 20.8 Å². The van der Waals surface area contributed by atoms with Gasteiger partial charge in [0, 0.05) is 46.0 Å². The van der Waals surface area contributed by atoms with Gasteiger partial charge < -0.3 is 24.8 Å². The molecular weight excluding hydrogens is 509 g/mol. The number of nitrogens with zero attached hydrogens (tertiary/aromatic N) is 5. The zero-order valence-corrected chi connectivity index (χ0v) is 20.8. The lowest BCUT2D eigenvalue weighted by atomic mass is 10.2. The van der Waals surface area contributed by atoms with Crippen molar-refractivity contribution in [3.05, 3.63) is 41.5 Å². The molecule has 2 aromatic rings. The highest BCUT2D eigenvalue weighted by molar-refractivity contribution is 14.0. The van der Waals surface area contributed by atoms with Crippen molar-refractivity contribution in [3.63, 3.8) is 0 Å². The van der Waals surface area contributed by atoms with Gasteiger partial charge >= 0.3 is 0 Å². The van der Waals surface area contributed by atoms with Gasteiger partial charge in [-0.1, -0.05) is 12.1 Å². The van der Waals surface area contributed by atoms with E-state index < -0.39 is 0 Å². The van der Waals surface area contributed by atoms with Crippen molar-refractivity contribution in [2.75, 3.05) is 31.7 Å². The third kappa shape index (κ3) is 7.17. The van der Waals surface area contributed by atoms with E-state index in [0.29, 0.717) is 32.1 Å². The summed E-state index contributed by atoms with van der Waals surface area (Å²) >= 11 is 0. The third-order valence-electron chi connectivity index (χ3n) is 5.16. The number of halogens is 1. The minimum absolute atomic E-state index is 0. The molecule has 9 nitrogen and oxygen atoms in total. The highest BCUT2D eigenvalue weighted by Gasteiger charge is 2.21. The molecule has 0 bridgehead atoms. The lowest BCUT2D eigenvalue weighted by Gasteiger charge is -2.16. The fourth-order valence-corrected chi connectivity index (χ4v) is 3.24. The monoisotopic (exact) mass is 541 g/mol. The maximum Gasteiger partial charge on any atom is 0.227 e. The normalized spacial score (nSPS) is 14.0. The molecule has 170 valence electrons. The molecule has 1 saturated heterocycles. The van der Waals surface area contributed by atoms with Crippen molar-refractivity contribution in [1.82, 2.24) is 25.4 Å². The highest BCUT2D eigenvalue weighted by atomic mass is 127. The summed E-state index contributed by atoms with van der Waals surface area (Å²) in [6.07, 6.45) is 2.46. The SMILES string of the molecule is COCCCNC(=NCc1ccc(N2CCCC2=O)cc1)NCc1nnc(C)n1C.I. The van der Waals surface area contributed by atoms with Gasteiger partial charge in [0.15, 0.2) is 11.8 Å². The van der Waals surface area contributed by atoms with Crippen LogP contribution >= 0.6 is 24.0 Å². The van der Waals surface area contributed by atoms with Crippen molar-refractivity contribution in [3.8, 4) is 0 Å². The number of aryl methyl sites for hydroxylation is 1. The molecule has 1 aliphatic heterocycles. The van der Waals surface area contributed by atoms with Gasteiger partial charge in [-0.3, -0.25) is 4.79 Å². The smallest absolute Gasteiger partial charge is 0.227 e. The van der Waals surface area contributed by atoms with E-state index in [4.69, 9.17) is 9.73 Å². The van der Waals surface area contributed by atoms with E-state index in [1.54, 1.807) is 7.11 Å². The van der Waals surface area contributed by atoms with E-state index in [-0.39, 0.29) is 29.9 Å². The van der Waals surface area contributed by atoms with Gasteiger partial charge in [-0.25, -0.2) is 4.99 Å². The van der Waals surface area contributed by atoms with Crippen LogP contribution in [0.2, 0.25) is 0 Å². The van der Waals surface area contributed by atoms with Crippen LogP contribution in [0.4, 0.5) is 5.69 Å².